The summed E-state index contributed by atoms with van der Waals surface area (Å²) in [4.78, 5) is 0. The van der Waals surface area contributed by atoms with Crippen LogP contribution in [0.25, 0.3) is 0 Å². The molecule has 20 heavy (non-hydrogen) atoms. The van der Waals surface area contributed by atoms with Crippen LogP contribution in [0.3, 0.4) is 0 Å². The van der Waals surface area contributed by atoms with E-state index in [1.807, 2.05) is 0 Å². The molecule has 2 unspecified atom stereocenters. The van der Waals surface area contributed by atoms with Gasteiger partial charge in [0.05, 0.1) is 0 Å². The minimum atomic E-state index is -0.0525. The maximum absolute atomic E-state index is 5.94. The summed E-state index contributed by atoms with van der Waals surface area (Å²) in [6, 6.07) is 0. The Morgan fingerprint density at radius 3 is 2.70 bits per heavy atom. The molecule has 0 nitrogen and oxygen atoms in total. The molecule has 2 rings (SSSR count). The molecule has 0 N–H and O–H groups in total. The van der Waals surface area contributed by atoms with Gasteiger partial charge in [0.25, 0.3) is 0 Å². The molecule has 2 aliphatic rings. The van der Waals surface area contributed by atoms with Gasteiger partial charge >= 0.3 is 0 Å². The maximum Gasteiger partial charge on any atom is 0.107 e. The van der Waals surface area contributed by atoms with E-state index in [4.69, 9.17) is 7.85 Å². The van der Waals surface area contributed by atoms with Crippen LogP contribution in [-0.2, 0) is 0 Å². The van der Waals surface area contributed by atoms with Gasteiger partial charge in [0.15, 0.2) is 0 Å². The van der Waals surface area contributed by atoms with E-state index in [0.29, 0.717) is 0 Å². The standard InChI is InChI=1S/C18H22BP/c1-14-12-13-16(19)10-7-11-17(14)18(2,20)15-8-5-3-4-6-9-15/h3-5,7-9,11,13H,6,10,12,20H2,1-2H3/b11-7-,16-13+,17-14-. The fourth-order valence-corrected chi connectivity index (χ4v) is 3.23. The van der Waals surface area contributed by atoms with Crippen LogP contribution in [0.15, 0.2) is 70.8 Å². The van der Waals surface area contributed by atoms with Gasteiger partial charge in [0, 0.05) is 5.16 Å². The molecule has 0 aliphatic heterocycles. The van der Waals surface area contributed by atoms with E-state index >= 15 is 0 Å². The normalized spacial score (nSPS) is 30.4. The zero-order valence-corrected chi connectivity index (χ0v) is 13.5. The third kappa shape index (κ3) is 3.52. The van der Waals surface area contributed by atoms with Crippen molar-refractivity contribution in [1.82, 2.24) is 0 Å². The van der Waals surface area contributed by atoms with E-state index in [-0.39, 0.29) is 5.16 Å². The Hall–Kier alpha value is -1.07. The molecule has 0 bridgehead atoms. The van der Waals surface area contributed by atoms with Crippen LogP contribution < -0.4 is 0 Å². The van der Waals surface area contributed by atoms with Crippen LogP contribution in [0, 0.1) is 0 Å². The van der Waals surface area contributed by atoms with Crippen molar-refractivity contribution in [3.8, 4) is 0 Å². The van der Waals surface area contributed by atoms with Crippen molar-refractivity contribution < 1.29 is 0 Å². The lowest BCUT2D eigenvalue weighted by molar-refractivity contribution is 0.877. The first-order chi connectivity index (χ1) is 9.51. The Morgan fingerprint density at radius 2 is 1.90 bits per heavy atom. The Kier molecular flexibility index (Phi) is 5.05. The predicted octanol–water partition coefficient (Wildman–Crippen LogP) is 4.78. The van der Waals surface area contributed by atoms with E-state index in [9.17, 15) is 0 Å². The first kappa shape index (κ1) is 15.3. The van der Waals surface area contributed by atoms with Gasteiger partial charge < -0.3 is 0 Å². The summed E-state index contributed by atoms with van der Waals surface area (Å²) < 4.78 is 0. The van der Waals surface area contributed by atoms with Gasteiger partial charge in [-0.05, 0) is 44.3 Å². The molecule has 2 aliphatic carbocycles. The van der Waals surface area contributed by atoms with Crippen LogP contribution in [0.2, 0.25) is 0 Å². The lowest BCUT2D eigenvalue weighted by atomic mass is 9.82. The molecule has 2 atom stereocenters. The summed E-state index contributed by atoms with van der Waals surface area (Å²) in [7, 11) is 8.97. The van der Waals surface area contributed by atoms with Crippen molar-refractivity contribution in [3.05, 3.63) is 70.8 Å². The topological polar surface area (TPSA) is 0 Å². The lowest BCUT2D eigenvalue weighted by Gasteiger charge is -2.30. The van der Waals surface area contributed by atoms with Crippen molar-refractivity contribution in [2.45, 2.75) is 38.3 Å². The third-order valence-electron chi connectivity index (χ3n) is 3.92. The monoisotopic (exact) mass is 280 g/mol. The molecule has 0 heterocycles. The van der Waals surface area contributed by atoms with E-state index in [1.54, 1.807) is 0 Å². The fourth-order valence-electron chi connectivity index (χ4n) is 2.67. The Morgan fingerprint density at radius 1 is 1.10 bits per heavy atom. The number of hydrogen-bond acceptors (Lipinski definition) is 0. The minimum absolute atomic E-state index is 0.0525. The van der Waals surface area contributed by atoms with Crippen LogP contribution in [0.1, 0.15) is 33.1 Å². The SMILES string of the molecule is [B]/C1=C/C/C(C)=C(C(C)(P)C2=CCC=CC=C2)/C=C\C1. The number of allylic oxidation sites excluding steroid dienone is 12. The maximum atomic E-state index is 5.94. The Labute approximate surface area is 126 Å². The summed E-state index contributed by atoms with van der Waals surface area (Å²) >= 11 is 0. The quantitative estimate of drug-likeness (QED) is 0.504. The summed E-state index contributed by atoms with van der Waals surface area (Å²) in [5.41, 5.74) is 5.07. The molecular formula is C18H22BP. The van der Waals surface area contributed by atoms with Crippen molar-refractivity contribution in [2.24, 2.45) is 0 Å². The average Bonchev–Trinajstić information content (AvgIpc) is 2.68. The summed E-state index contributed by atoms with van der Waals surface area (Å²) in [6.07, 6.45) is 20.3. The Balaban J connectivity index is 2.39. The van der Waals surface area contributed by atoms with Crippen LogP contribution in [-0.4, -0.2) is 13.0 Å². The highest BCUT2D eigenvalue weighted by atomic mass is 31.0. The fraction of sp³-hybridized carbons (Fsp3) is 0.333. The summed E-state index contributed by atoms with van der Waals surface area (Å²) in [5, 5.41) is -0.0525. The largest absolute Gasteiger partial charge is 0.122 e. The molecule has 102 valence electrons. The van der Waals surface area contributed by atoms with Crippen molar-refractivity contribution in [3.63, 3.8) is 0 Å². The molecular weight excluding hydrogens is 258 g/mol. The number of rotatable bonds is 2. The van der Waals surface area contributed by atoms with Crippen LogP contribution in [0.4, 0.5) is 0 Å². The highest BCUT2D eigenvalue weighted by molar-refractivity contribution is 7.20. The van der Waals surface area contributed by atoms with Gasteiger partial charge in [-0.2, -0.15) is 0 Å². The zero-order valence-electron chi connectivity index (χ0n) is 12.4. The first-order valence-corrected chi connectivity index (χ1v) is 7.73. The predicted molar refractivity (Wildman–Crippen MR) is 94.0 cm³/mol. The van der Waals surface area contributed by atoms with E-state index in [2.05, 4.69) is 71.7 Å². The van der Waals surface area contributed by atoms with Crippen molar-refractivity contribution >= 4 is 17.1 Å². The van der Waals surface area contributed by atoms with Crippen molar-refractivity contribution in [1.29, 1.82) is 0 Å². The second-order valence-corrected chi connectivity index (χ2v) is 6.82. The molecule has 0 saturated heterocycles. The van der Waals surface area contributed by atoms with Gasteiger partial charge in [0.1, 0.15) is 7.85 Å². The second kappa shape index (κ2) is 6.59. The molecule has 0 saturated carbocycles. The molecule has 0 amide bonds. The molecule has 2 radical (unpaired) electrons. The van der Waals surface area contributed by atoms with Crippen molar-refractivity contribution in [2.75, 3.05) is 0 Å². The third-order valence-corrected chi connectivity index (χ3v) is 4.57. The number of hydrogen-bond donors (Lipinski definition) is 0. The van der Waals surface area contributed by atoms with Gasteiger partial charge in [0.2, 0.25) is 0 Å². The smallest absolute Gasteiger partial charge is 0.107 e. The highest BCUT2D eigenvalue weighted by Gasteiger charge is 2.27. The molecule has 0 aromatic rings. The van der Waals surface area contributed by atoms with Gasteiger partial charge in [-0.1, -0.05) is 54.2 Å². The molecule has 0 aromatic heterocycles. The van der Waals surface area contributed by atoms with Crippen LogP contribution in [0.5, 0.6) is 0 Å². The van der Waals surface area contributed by atoms with Gasteiger partial charge in [-0.3, -0.25) is 0 Å². The summed E-state index contributed by atoms with van der Waals surface area (Å²) in [5.74, 6) is 0. The van der Waals surface area contributed by atoms with Crippen LogP contribution >= 0.6 is 9.24 Å². The van der Waals surface area contributed by atoms with Gasteiger partial charge in [-0.15, -0.1) is 14.7 Å². The molecule has 0 spiro atoms. The van der Waals surface area contributed by atoms with E-state index in [0.717, 1.165) is 24.7 Å². The van der Waals surface area contributed by atoms with E-state index in [1.165, 1.54) is 16.7 Å². The zero-order chi connectivity index (χ0) is 14.6. The first-order valence-electron chi connectivity index (χ1n) is 7.16. The Bertz CT molecular complexity index is 554. The summed E-state index contributed by atoms with van der Waals surface area (Å²) in [6.45, 7) is 4.48. The molecule has 0 fully saturated rings. The van der Waals surface area contributed by atoms with Gasteiger partial charge in [-0.25, -0.2) is 0 Å². The lowest BCUT2D eigenvalue weighted by Crippen LogP contribution is -2.22. The van der Waals surface area contributed by atoms with E-state index < -0.39 is 0 Å². The molecule has 0 aromatic carbocycles. The molecule has 2 heteroatoms. The minimum Gasteiger partial charge on any atom is -0.122 e. The second-order valence-electron chi connectivity index (χ2n) is 5.67. The highest BCUT2D eigenvalue weighted by Crippen LogP contribution is 2.40. The average molecular weight is 280 g/mol.